The van der Waals surface area contributed by atoms with Gasteiger partial charge in [0.1, 0.15) is 0 Å². The van der Waals surface area contributed by atoms with Crippen molar-refractivity contribution in [1.29, 1.82) is 0 Å². The van der Waals surface area contributed by atoms with Crippen LogP contribution in [0.15, 0.2) is 48.5 Å². The Morgan fingerprint density at radius 1 is 0.905 bits per heavy atom. The SMILES string of the molecule is Cc1ccc(C#CCN2C(=O)c3ccccc3C2=O)cc1. The van der Waals surface area contributed by atoms with Gasteiger partial charge in [0.2, 0.25) is 0 Å². The fourth-order valence-electron chi connectivity index (χ4n) is 2.24. The lowest BCUT2D eigenvalue weighted by Crippen LogP contribution is -2.29. The number of hydrogen-bond donors (Lipinski definition) is 0. The van der Waals surface area contributed by atoms with Gasteiger partial charge in [-0.25, -0.2) is 0 Å². The van der Waals surface area contributed by atoms with E-state index in [9.17, 15) is 9.59 Å². The van der Waals surface area contributed by atoms with Crippen LogP contribution in [-0.2, 0) is 0 Å². The molecule has 0 fully saturated rings. The third-order valence-electron chi connectivity index (χ3n) is 3.40. The zero-order valence-electron chi connectivity index (χ0n) is 11.6. The Labute approximate surface area is 123 Å². The summed E-state index contributed by atoms with van der Waals surface area (Å²) in [4.78, 5) is 25.4. The van der Waals surface area contributed by atoms with Crippen LogP contribution in [0.3, 0.4) is 0 Å². The molecule has 0 unspecified atom stereocenters. The Balaban J connectivity index is 1.77. The monoisotopic (exact) mass is 275 g/mol. The highest BCUT2D eigenvalue weighted by Crippen LogP contribution is 2.21. The van der Waals surface area contributed by atoms with Gasteiger partial charge in [-0.2, -0.15) is 0 Å². The average Bonchev–Trinajstić information content (AvgIpc) is 2.75. The van der Waals surface area contributed by atoms with Gasteiger partial charge < -0.3 is 0 Å². The van der Waals surface area contributed by atoms with Crippen LogP contribution < -0.4 is 0 Å². The van der Waals surface area contributed by atoms with Gasteiger partial charge in [0, 0.05) is 5.56 Å². The molecule has 1 aliphatic rings. The summed E-state index contributed by atoms with van der Waals surface area (Å²) in [6.45, 7) is 2.12. The largest absolute Gasteiger partial charge is 0.269 e. The zero-order chi connectivity index (χ0) is 14.8. The van der Waals surface area contributed by atoms with Crippen LogP contribution in [0.2, 0.25) is 0 Å². The van der Waals surface area contributed by atoms with E-state index in [0.717, 1.165) is 5.56 Å². The molecule has 1 aliphatic heterocycles. The zero-order valence-corrected chi connectivity index (χ0v) is 11.6. The Kier molecular flexibility index (Phi) is 3.29. The summed E-state index contributed by atoms with van der Waals surface area (Å²) in [6, 6.07) is 14.6. The topological polar surface area (TPSA) is 37.4 Å². The van der Waals surface area contributed by atoms with E-state index >= 15 is 0 Å². The molecule has 102 valence electrons. The first-order chi connectivity index (χ1) is 10.2. The van der Waals surface area contributed by atoms with E-state index in [-0.39, 0.29) is 18.4 Å². The molecule has 3 rings (SSSR count). The lowest BCUT2D eigenvalue weighted by molar-refractivity contribution is 0.0675. The second kappa shape index (κ2) is 5.26. The molecule has 0 aromatic heterocycles. The maximum Gasteiger partial charge on any atom is 0.262 e. The molecule has 0 bridgehead atoms. The molecule has 21 heavy (non-hydrogen) atoms. The molecule has 2 aromatic carbocycles. The average molecular weight is 275 g/mol. The normalized spacial score (nSPS) is 12.9. The van der Waals surface area contributed by atoms with Gasteiger partial charge in [-0.3, -0.25) is 14.5 Å². The number of benzene rings is 2. The third-order valence-corrected chi connectivity index (χ3v) is 3.40. The van der Waals surface area contributed by atoms with Gasteiger partial charge in [0.05, 0.1) is 17.7 Å². The fraction of sp³-hybridized carbons (Fsp3) is 0.111. The van der Waals surface area contributed by atoms with Crippen molar-refractivity contribution in [3.63, 3.8) is 0 Å². The van der Waals surface area contributed by atoms with Gasteiger partial charge in [-0.1, -0.05) is 41.7 Å². The van der Waals surface area contributed by atoms with Crippen LogP contribution in [0.1, 0.15) is 31.8 Å². The maximum absolute atomic E-state index is 12.1. The van der Waals surface area contributed by atoms with Crippen molar-refractivity contribution in [2.75, 3.05) is 6.54 Å². The van der Waals surface area contributed by atoms with Gasteiger partial charge in [0.25, 0.3) is 11.8 Å². The fourth-order valence-corrected chi connectivity index (χ4v) is 2.24. The molecule has 0 saturated carbocycles. The lowest BCUT2D eigenvalue weighted by atomic mass is 10.1. The Morgan fingerprint density at radius 3 is 2.05 bits per heavy atom. The summed E-state index contributed by atoms with van der Waals surface area (Å²) in [7, 11) is 0. The summed E-state index contributed by atoms with van der Waals surface area (Å²) >= 11 is 0. The highest BCUT2D eigenvalue weighted by molar-refractivity contribution is 6.21. The molecule has 0 saturated heterocycles. The van der Waals surface area contributed by atoms with Crippen LogP contribution in [0, 0.1) is 18.8 Å². The Hall–Kier alpha value is -2.86. The number of nitrogens with zero attached hydrogens (tertiary/aromatic N) is 1. The quantitative estimate of drug-likeness (QED) is 0.592. The first-order valence-corrected chi connectivity index (χ1v) is 6.67. The van der Waals surface area contributed by atoms with Crippen LogP contribution in [0.5, 0.6) is 0 Å². The summed E-state index contributed by atoms with van der Waals surface area (Å²) < 4.78 is 0. The molecule has 2 aromatic rings. The smallest absolute Gasteiger partial charge is 0.262 e. The van der Waals surface area contributed by atoms with Crippen molar-refractivity contribution < 1.29 is 9.59 Å². The molecule has 3 nitrogen and oxygen atoms in total. The van der Waals surface area contributed by atoms with E-state index < -0.39 is 0 Å². The first kappa shape index (κ1) is 13.1. The van der Waals surface area contributed by atoms with Crippen LogP contribution in [0.25, 0.3) is 0 Å². The van der Waals surface area contributed by atoms with Crippen molar-refractivity contribution >= 4 is 11.8 Å². The molecule has 0 N–H and O–H groups in total. The second-order valence-electron chi connectivity index (χ2n) is 4.91. The highest BCUT2D eigenvalue weighted by atomic mass is 16.2. The molecule has 0 radical (unpaired) electrons. The van der Waals surface area contributed by atoms with Gasteiger partial charge in [0.15, 0.2) is 0 Å². The predicted octanol–water partition coefficient (Wildman–Crippen LogP) is 2.64. The number of aryl methyl sites for hydroxylation is 1. The minimum atomic E-state index is -0.270. The van der Waals surface area contributed by atoms with Gasteiger partial charge >= 0.3 is 0 Å². The number of imide groups is 1. The Bertz CT molecular complexity index is 744. The molecular weight excluding hydrogens is 262 g/mol. The van der Waals surface area contributed by atoms with Crippen molar-refractivity contribution in [1.82, 2.24) is 4.90 Å². The Morgan fingerprint density at radius 2 is 1.48 bits per heavy atom. The van der Waals surface area contributed by atoms with Gasteiger partial charge in [-0.05, 0) is 31.2 Å². The molecule has 0 aliphatic carbocycles. The summed E-state index contributed by atoms with van der Waals surface area (Å²) in [5.74, 6) is 5.32. The number of fused-ring (bicyclic) bond motifs is 1. The van der Waals surface area contributed by atoms with Crippen molar-refractivity contribution in [2.24, 2.45) is 0 Å². The summed E-state index contributed by atoms with van der Waals surface area (Å²) in [6.07, 6.45) is 0. The van der Waals surface area contributed by atoms with E-state index in [0.29, 0.717) is 11.1 Å². The number of amides is 2. The van der Waals surface area contributed by atoms with E-state index in [4.69, 9.17) is 0 Å². The van der Waals surface area contributed by atoms with Crippen LogP contribution in [0.4, 0.5) is 0 Å². The number of carbonyl (C=O) groups excluding carboxylic acids is 2. The van der Waals surface area contributed by atoms with E-state index in [1.165, 1.54) is 10.5 Å². The number of rotatable bonds is 1. The van der Waals surface area contributed by atoms with Crippen molar-refractivity contribution in [3.8, 4) is 11.8 Å². The molecular formula is C18H13NO2. The summed E-state index contributed by atoms with van der Waals surface area (Å²) in [5, 5.41) is 0. The van der Waals surface area contributed by atoms with Gasteiger partial charge in [-0.15, -0.1) is 0 Å². The number of carbonyl (C=O) groups is 2. The third kappa shape index (κ3) is 2.44. The minimum Gasteiger partial charge on any atom is -0.269 e. The molecule has 0 atom stereocenters. The first-order valence-electron chi connectivity index (χ1n) is 6.67. The lowest BCUT2D eigenvalue weighted by Gasteiger charge is -2.08. The predicted molar refractivity (Wildman–Crippen MR) is 79.9 cm³/mol. The van der Waals surface area contributed by atoms with E-state index in [2.05, 4.69) is 11.8 Å². The van der Waals surface area contributed by atoms with Crippen molar-refractivity contribution in [3.05, 3.63) is 70.8 Å². The standard InChI is InChI=1S/C18H13NO2/c1-13-8-10-14(11-9-13)5-4-12-19-17(20)15-6-2-3-7-16(15)18(19)21/h2-3,6-11H,12H2,1H3. The molecule has 0 spiro atoms. The van der Waals surface area contributed by atoms with E-state index in [1.807, 2.05) is 31.2 Å². The number of hydrogen-bond acceptors (Lipinski definition) is 2. The molecule has 3 heteroatoms. The van der Waals surface area contributed by atoms with Crippen molar-refractivity contribution in [2.45, 2.75) is 6.92 Å². The van der Waals surface area contributed by atoms with Crippen LogP contribution >= 0.6 is 0 Å². The van der Waals surface area contributed by atoms with E-state index in [1.54, 1.807) is 24.3 Å². The molecule has 1 heterocycles. The summed E-state index contributed by atoms with van der Waals surface area (Å²) in [5.41, 5.74) is 2.96. The minimum absolute atomic E-state index is 0.111. The molecule has 2 amide bonds. The second-order valence-corrected chi connectivity index (χ2v) is 4.91. The highest BCUT2D eigenvalue weighted by Gasteiger charge is 2.34. The maximum atomic E-state index is 12.1. The van der Waals surface area contributed by atoms with Crippen LogP contribution in [-0.4, -0.2) is 23.3 Å².